The van der Waals surface area contributed by atoms with Crippen LogP contribution in [-0.2, 0) is 0 Å². The van der Waals surface area contributed by atoms with Gasteiger partial charge in [-0.3, -0.25) is 4.79 Å². The number of piperidine rings is 1. The van der Waals surface area contributed by atoms with Crippen LogP contribution in [-0.4, -0.2) is 27.4 Å². The quantitative estimate of drug-likeness (QED) is 0.500. The van der Waals surface area contributed by atoms with Crippen LogP contribution in [0.3, 0.4) is 0 Å². The Bertz CT molecular complexity index is 1190. The predicted molar refractivity (Wildman–Crippen MR) is 120 cm³/mol. The summed E-state index contributed by atoms with van der Waals surface area (Å²) in [6, 6.07) is 23.9. The molecule has 2 aromatic carbocycles. The topological polar surface area (TPSA) is 51.0 Å². The van der Waals surface area contributed by atoms with E-state index in [0.717, 1.165) is 47.7 Å². The molecule has 1 aliphatic carbocycles. The minimum Gasteiger partial charge on any atom is -0.366 e. The van der Waals surface area contributed by atoms with Gasteiger partial charge < -0.3 is 4.90 Å². The second-order valence-corrected chi connectivity index (χ2v) is 7.90. The van der Waals surface area contributed by atoms with Gasteiger partial charge in [0.15, 0.2) is 5.82 Å². The number of aromatic nitrogens is 3. The Morgan fingerprint density at radius 2 is 1.67 bits per heavy atom. The molecule has 0 amide bonds. The molecule has 2 aromatic rings. The Morgan fingerprint density at radius 1 is 0.933 bits per heavy atom. The van der Waals surface area contributed by atoms with E-state index in [1.54, 1.807) is 6.07 Å². The largest absolute Gasteiger partial charge is 0.366 e. The lowest BCUT2D eigenvalue weighted by atomic mass is 10.0. The molecule has 0 N–H and O–H groups in total. The summed E-state index contributed by atoms with van der Waals surface area (Å²) < 4.78 is 1.83. The maximum Gasteiger partial charge on any atom is 0.204 e. The Labute approximate surface area is 176 Å². The number of hydrogen-bond donors (Lipinski definition) is 0. The molecule has 30 heavy (non-hydrogen) atoms. The molecule has 0 spiro atoms. The lowest BCUT2D eigenvalue weighted by molar-refractivity contribution is 0.484. The molecule has 150 valence electrons. The van der Waals surface area contributed by atoms with Gasteiger partial charge in [0.1, 0.15) is 0 Å². The first-order chi connectivity index (χ1) is 14.7. The number of para-hydroxylation sites is 1. The van der Waals surface area contributed by atoms with Gasteiger partial charge in [0.25, 0.3) is 0 Å². The summed E-state index contributed by atoms with van der Waals surface area (Å²) in [5.74, 6) is 0.642. The van der Waals surface area contributed by atoms with Crippen molar-refractivity contribution in [3.8, 4) is 28.5 Å². The maximum atomic E-state index is 13.1. The SMILES string of the molecule is CC1CCCCN1c1cc2nc(-c3ccccc3)nn(-c3ccccc3)c-2cc1=O. The van der Waals surface area contributed by atoms with Gasteiger partial charge in [-0.15, -0.1) is 5.10 Å². The molecule has 0 radical (unpaired) electrons. The zero-order valence-electron chi connectivity index (χ0n) is 17.0. The first kappa shape index (κ1) is 18.6. The molecule has 1 fully saturated rings. The minimum atomic E-state index is 0.0250. The summed E-state index contributed by atoms with van der Waals surface area (Å²) in [6.45, 7) is 3.11. The van der Waals surface area contributed by atoms with Gasteiger partial charge in [-0.05, 0) is 44.4 Å². The van der Waals surface area contributed by atoms with E-state index in [9.17, 15) is 4.79 Å². The van der Waals surface area contributed by atoms with Gasteiger partial charge >= 0.3 is 0 Å². The molecule has 5 rings (SSSR count). The van der Waals surface area contributed by atoms with Crippen molar-refractivity contribution >= 4 is 5.69 Å². The number of nitrogens with zero attached hydrogens (tertiary/aromatic N) is 4. The third kappa shape index (κ3) is 3.36. The Kier molecular flexibility index (Phi) is 4.79. The van der Waals surface area contributed by atoms with E-state index >= 15 is 0 Å². The van der Waals surface area contributed by atoms with Gasteiger partial charge in [0, 0.05) is 24.2 Å². The highest BCUT2D eigenvalue weighted by Gasteiger charge is 2.24. The second kappa shape index (κ2) is 7.75. The molecule has 0 bridgehead atoms. The molecule has 2 heterocycles. The number of anilines is 1. The Morgan fingerprint density at radius 3 is 2.40 bits per heavy atom. The molecule has 5 nitrogen and oxygen atoms in total. The molecule has 0 aromatic heterocycles. The van der Waals surface area contributed by atoms with E-state index in [4.69, 9.17) is 10.1 Å². The highest BCUT2D eigenvalue weighted by atomic mass is 16.1. The molecule has 3 aliphatic rings. The van der Waals surface area contributed by atoms with Crippen molar-refractivity contribution in [3.05, 3.63) is 83.0 Å². The third-order valence-electron chi connectivity index (χ3n) is 5.85. The molecule has 5 heteroatoms. The van der Waals surface area contributed by atoms with Crippen molar-refractivity contribution in [3.63, 3.8) is 0 Å². The van der Waals surface area contributed by atoms with Crippen LogP contribution in [0.15, 0.2) is 77.6 Å². The van der Waals surface area contributed by atoms with E-state index < -0.39 is 0 Å². The number of benzene rings is 3. The smallest absolute Gasteiger partial charge is 0.204 e. The first-order valence-electron chi connectivity index (χ1n) is 10.5. The van der Waals surface area contributed by atoms with Crippen molar-refractivity contribution in [1.82, 2.24) is 14.8 Å². The van der Waals surface area contributed by atoms with Gasteiger partial charge in [0.05, 0.1) is 22.8 Å². The predicted octanol–water partition coefficient (Wildman–Crippen LogP) is 4.78. The van der Waals surface area contributed by atoms with Gasteiger partial charge in [0.2, 0.25) is 5.43 Å². The summed E-state index contributed by atoms with van der Waals surface area (Å²) >= 11 is 0. The zero-order valence-corrected chi connectivity index (χ0v) is 17.0. The Balaban J connectivity index is 1.74. The van der Waals surface area contributed by atoms with Crippen LogP contribution in [0, 0.1) is 0 Å². The van der Waals surface area contributed by atoms with E-state index in [1.807, 2.05) is 71.4 Å². The van der Waals surface area contributed by atoms with Gasteiger partial charge in [-0.1, -0.05) is 48.5 Å². The van der Waals surface area contributed by atoms with Crippen molar-refractivity contribution in [2.24, 2.45) is 0 Å². The van der Waals surface area contributed by atoms with Crippen LogP contribution in [0.4, 0.5) is 5.69 Å². The van der Waals surface area contributed by atoms with Crippen molar-refractivity contribution < 1.29 is 0 Å². The second-order valence-electron chi connectivity index (χ2n) is 7.90. The average Bonchev–Trinajstić information content (AvgIpc) is 2.80. The third-order valence-corrected chi connectivity index (χ3v) is 5.85. The fourth-order valence-corrected chi connectivity index (χ4v) is 4.25. The fraction of sp³-hybridized carbons (Fsp3) is 0.240. The number of rotatable bonds is 3. The summed E-state index contributed by atoms with van der Waals surface area (Å²) in [6.07, 6.45) is 3.44. The fourth-order valence-electron chi connectivity index (χ4n) is 4.25. The molecular weight excluding hydrogens is 372 g/mol. The molecular formula is C25H24N4O. The van der Waals surface area contributed by atoms with Crippen LogP contribution >= 0.6 is 0 Å². The van der Waals surface area contributed by atoms with Crippen LogP contribution < -0.4 is 10.3 Å². The van der Waals surface area contributed by atoms with E-state index in [-0.39, 0.29) is 5.43 Å². The summed E-state index contributed by atoms with van der Waals surface area (Å²) in [5, 5.41) is 4.79. The van der Waals surface area contributed by atoms with E-state index in [2.05, 4.69) is 11.8 Å². The molecule has 1 atom stereocenters. The minimum absolute atomic E-state index is 0.0250. The number of hydrogen-bond acceptors (Lipinski definition) is 4. The van der Waals surface area contributed by atoms with Crippen molar-refractivity contribution in [2.75, 3.05) is 11.4 Å². The highest BCUT2D eigenvalue weighted by Crippen LogP contribution is 2.29. The van der Waals surface area contributed by atoms with E-state index in [0.29, 0.717) is 11.9 Å². The zero-order chi connectivity index (χ0) is 20.5. The monoisotopic (exact) mass is 396 g/mol. The highest BCUT2D eigenvalue weighted by molar-refractivity contribution is 5.69. The first-order valence-corrected chi connectivity index (χ1v) is 10.5. The van der Waals surface area contributed by atoms with Crippen LogP contribution in [0.1, 0.15) is 26.2 Å². The van der Waals surface area contributed by atoms with Gasteiger partial charge in [-0.2, -0.15) is 0 Å². The standard InChI is InChI=1S/C25H24N4O/c1-18-10-8-9-15-28(18)23-16-21-22(17-24(23)30)29(20-13-6-3-7-14-20)27-25(26-21)19-11-4-2-5-12-19/h2-7,11-14,16-18H,8-10,15H2,1H3. The normalized spacial score (nSPS) is 16.7. The van der Waals surface area contributed by atoms with Gasteiger partial charge in [-0.25, -0.2) is 9.67 Å². The van der Waals surface area contributed by atoms with E-state index in [1.165, 1.54) is 6.42 Å². The van der Waals surface area contributed by atoms with Crippen molar-refractivity contribution in [1.29, 1.82) is 0 Å². The summed E-state index contributed by atoms with van der Waals surface area (Å²) in [4.78, 5) is 20.2. The lowest BCUT2D eigenvalue weighted by Gasteiger charge is -2.35. The molecule has 1 unspecified atom stereocenters. The summed E-state index contributed by atoms with van der Waals surface area (Å²) in [5.41, 5.74) is 4.12. The lowest BCUT2D eigenvalue weighted by Crippen LogP contribution is -2.40. The number of fused-ring (bicyclic) bond motifs is 1. The maximum absolute atomic E-state index is 13.1. The average molecular weight is 396 g/mol. The van der Waals surface area contributed by atoms with Crippen LogP contribution in [0.25, 0.3) is 28.5 Å². The molecule has 1 saturated heterocycles. The molecule has 0 saturated carbocycles. The summed E-state index contributed by atoms with van der Waals surface area (Å²) in [7, 11) is 0. The Hall–Kier alpha value is -3.47. The van der Waals surface area contributed by atoms with Crippen LogP contribution in [0.5, 0.6) is 0 Å². The molecule has 2 aliphatic heterocycles. The van der Waals surface area contributed by atoms with Crippen molar-refractivity contribution in [2.45, 2.75) is 32.2 Å². The van der Waals surface area contributed by atoms with Crippen LogP contribution in [0.2, 0.25) is 0 Å².